The van der Waals surface area contributed by atoms with E-state index in [4.69, 9.17) is 0 Å². The van der Waals surface area contributed by atoms with Gasteiger partial charge in [-0.3, -0.25) is 0 Å². The second-order valence-electron chi connectivity index (χ2n) is 9.51. The molecule has 0 atom stereocenters. The van der Waals surface area contributed by atoms with E-state index in [9.17, 15) is 0 Å². The van der Waals surface area contributed by atoms with Gasteiger partial charge in [0.05, 0.1) is 0 Å². The van der Waals surface area contributed by atoms with Crippen molar-refractivity contribution in [2.75, 3.05) is 0 Å². The maximum atomic E-state index is 2.34. The fourth-order valence-corrected chi connectivity index (χ4v) is 5.71. The first-order valence-corrected chi connectivity index (χ1v) is 12.7. The third kappa shape index (κ3) is 3.94. The van der Waals surface area contributed by atoms with Crippen LogP contribution in [0.15, 0.2) is 109 Å². The van der Waals surface area contributed by atoms with Crippen molar-refractivity contribution in [1.29, 1.82) is 0 Å². The summed E-state index contributed by atoms with van der Waals surface area (Å²) in [6, 6.07) is 40.2. The van der Waals surface area contributed by atoms with Crippen molar-refractivity contribution in [3.63, 3.8) is 0 Å². The smallest absolute Gasteiger partial charge is 0.0146 e. The summed E-state index contributed by atoms with van der Waals surface area (Å²) in [5.41, 5.74) is 3.04. The summed E-state index contributed by atoms with van der Waals surface area (Å²) in [5, 5.41) is 11.1. The highest BCUT2D eigenvalue weighted by atomic mass is 14.1. The number of benzene rings is 6. The van der Waals surface area contributed by atoms with E-state index in [2.05, 4.69) is 109 Å². The summed E-state index contributed by atoms with van der Waals surface area (Å²) in [7, 11) is 0. The molecule has 0 aliphatic carbocycles. The van der Waals surface area contributed by atoms with Gasteiger partial charge in [0, 0.05) is 0 Å². The van der Waals surface area contributed by atoms with Gasteiger partial charge in [0.1, 0.15) is 0 Å². The van der Waals surface area contributed by atoms with Crippen LogP contribution >= 0.6 is 0 Å². The van der Waals surface area contributed by atoms with Crippen LogP contribution in [0.4, 0.5) is 0 Å². The van der Waals surface area contributed by atoms with Gasteiger partial charge in [-0.1, -0.05) is 110 Å². The molecular weight excluding hydrogens is 408 g/mol. The number of unbranched alkanes of at least 4 members (excludes halogenated alkanes) is 3. The summed E-state index contributed by atoms with van der Waals surface area (Å²) in [6.45, 7) is 0. The highest BCUT2D eigenvalue weighted by molar-refractivity contribution is 6.03. The molecule has 0 radical (unpaired) electrons. The Kier molecular flexibility index (Phi) is 5.73. The Bertz CT molecular complexity index is 1370. The molecule has 0 saturated heterocycles. The van der Waals surface area contributed by atoms with Crippen molar-refractivity contribution in [2.24, 2.45) is 0 Å². The van der Waals surface area contributed by atoms with E-state index in [1.807, 2.05) is 0 Å². The van der Waals surface area contributed by atoms with E-state index in [0.717, 1.165) is 12.8 Å². The third-order valence-electron chi connectivity index (χ3n) is 7.37. The van der Waals surface area contributed by atoms with Gasteiger partial charge < -0.3 is 0 Å². The fourth-order valence-electron chi connectivity index (χ4n) is 5.71. The van der Waals surface area contributed by atoms with Gasteiger partial charge in [-0.05, 0) is 92.0 Å². The summed E-state index contributed by atoms with van der Waals surface area (Å²) in [6.07, 6.45) is 7.35. The predicted molar refractivity (Wildman–Crippen MR) is 149 cm³/mol. The Morgan fingerprint density at radius 2 is 0.618 bits per heavy atom. The van der Waals surface area contributed by atoms with Crippen molar-refractivity contribution in [3.8, 4) is 0 Å². The van der Waals surface area contributed by atoms with E-state index >= 15 is 0 Å². The molecule has 0 heteroatoms. The molecule has 0 aliphatic rings. The van der Waals surface area contributed by atoms with Crippen LogP contribution in [0.2, 0.25) is 0 Å². The topological polar surface area (TPSA) is 0 Å². The van der Waals surface area contributed by atoms with Gasteiger partial charge in [0.25, 0.3) is 0 Å². The Hall–Kier alpha value is -3.64. The maximum Gasteiger partial charge on any atom is -0.0146 e. The molecule has 0 aromatic heterocycles. The molecule has 0 unspecified atom stereocenters. The van der Waals surface area contributed by atoms with Crippen LogP contribution in [0.1, 0.15) is 36.8 Å². The molecule has 6 aromatic rings. The molecule has 0 saturated carbocycles. The molecule has 0 N–H and O–H groups in total. The van der Waals surface area contributed by atoms with Crippen molar-refractivity contribution in [2.45, 2.75) is 38.5 Å². The molecular formula is C34H30. The minimum atomic E-state index is 1.15. The Labute approximate surface area is 201 Å². The van der Waals surface area contributed by atoms with Gasteiger partial charge >= 0.3 is 0 Å². The van der Waals surface area contributed by atoms with Crippen molar-refractivity contribution in [3.05, 3.63) is 120 Å². The second kappa shape index (κ2) is 9.31. The van der Waals surface area contributed by atoms with Gasteiger partial charge in [-0.15, -0.1) is 0 Å². The van der Waals surface area contributed by atoms with Crippen LogP contribution in [0, 0.1) is 0 Å². The predicted octanol–water partition coefficient (Wildman–Crippen LogP) is 9.64. The molecule has 34 heavy (non-hydrogen) atoms. The van der Waals surface area contributed by atoms with Gasteiger partial charge in [0.15, 0.2) is 0 Å². The molecule has 0 fully saturated rings. The molecule has 0 nitrogen and oxygen atoms in total. The minimum absolute atomic E-state index is 1.15. The Balaban J connectivity index is 1.16. The molecule has 166 valence electrons. The number of hydrogen-bond donors (Lipinski definition) is 0. The summed E-state index contributed by atoms with van der Waals surface area (Å²) >= 11 is 0. The number of fused-ring (bicyclic) bond motifs is 4. The van der Waals surface area contributed by atoms with E-state index < -0.39 is 0 Å². The largest absolute Gasteiger partial charge is 0.0616 e. The maximum absolute atomic E-state index is 2.34. The lowest BCUT2D eigenvalue weighted by molar-refractivity contribution is 0.644. The second-order valence-corrected chi connectivity index (χ2v) is 9.51. The Morgan fingerprint density at radius 3 is 0.941 bits per heavy atom. The van der Waals surface area contributed by atoms with Crippen molar-refractivity contribution >= 4 is 43.1 Å². The molecule has 0 aliphatic heterocycles. The van der Waals surface area contributed by atoms with Crippen LogP contribution in [0.3, 0.4) is 0 Å². The zero-order valence-electron chi connectivity index (χ0n) is 19.6. The lowest BCUT2D eigenvalue weighted by Gasteiger charge is -2.13. The summed E-state index contributed by atoms with van der Waals surface area (Å²) in [5.74, 6) is 0. The third-order valence-corrected chi connectivity index (χ3v) is 7.37. The van der Waals surface area contributed by atoms with Crippen molar-refractivity contribution < 1.29 is 0 Å². The van der Waals surface area contributed by atoms with E-state index in [1.54, 1.807) is 0 Å². The molecule has 0 spiro atoms. The zero-order chi connectivity index (χ0) is 22.7. The highest BCUT2D eigenvalue weighted by Crippen LogP contribution is 2.31. The SMILES string of the molecule is c1ccc2c(CCCCCCc3c4ccccc4cc4ccccc34)c3ccccc3cc2c1. The van der Waals surface area contributed by atoms with Crippen LogP contribution in [-0.2, 0) is 12.8 Å². The van der Waals surface area contributed by atoms with Gasteiger partial charge in [-0.2, -0.15) is 0 Å². The summed E-state index contributed by atoms with van der Waals surface area (Å²) < 4.78 is 0. The molecule has 0 bridgehead atoms. The standard InChI is InChI=1S/C34H30/c1(3-21-33-29-17-9-5-13-25(29)23-26-14-6-10-18-30(26)33)2-4-22-34-31-19-11-7-15-27(31)24-28-16-8-12-20-32(28)34/h5-20,23-24H,1-4,21-22H2. The normalized spacial score (nSPS) is 11.6. The fraction of sp³-hybridized carbons (Fsp3) is 0.176. The van der Waals surface area contributed by atoms with Crippen LogP contribution < -0.4 is 0 Å². The average Bonchev–Trinajstić information content (AvgIpc) is 2.89. The first-order valence-electron chi connectivity index (χ1n) is 12.7. The number of aryl methyl sites for hydroxylation is 2. The Morgan fingerprint density at radius 1 is 0.324 bits per heavy atom. The van der Waals surface area contributed by atoms with Crippen molar-refractivity contribution in [1.82, 2.24) is 0 Å². The average molecular weight is 439 g/mol. The highest BCUT2D eigenvalue weighted by Gasteiger charge is 2.09. The zero-order valence-corrected chi connectivity index (χ0v) is 19.6. The van der Waals surface area contributed by atoms with Gasteiger partial charge in [-0.25, -0.2) is 0 Å². The molecule has 6 aromatic carbocycles. The molecule has 6 rings (SSSR count). The van der Waals surface area contributed by atoms with E-state index in [1.165, 1.54) is 79.9 Å². The first kappa shape index (κ1) is 20.9. The minimum Gasteiger partial charge on any atom is -0.0616 e. The van der Waals surface area contributed by atoms with E-state index in [0.29, 0.717) is 0 Å². The lowest BCUT2D eigenvalue weighted by Crippen LogP contribution is -1.93. The van der Waals surface area contributed by atoms with Crippen LogP contribution in [0.25, 0.3) is 43.1 Å². The summed E-state index contributed by atoms with van der Waals surface area (Å²) in [4.78, 5) is 0. The van der Waals surface area contributed by atoms with Gasteiger partial charge in [0.2, 0.25) is 0 Å². The van der Waals surface area contributed by atoms with Crippen LogP contribution in [-0.4, -0.2) is 0 Å². The number of hydrogen-bond acceptors (Lipinski definition) is 0. The molecule has 0 amide bonds. The number of rotatable bonds is 7. The molecule has 0 heterocycles. The van der Waals surface area contributed by atoms with Crippen LogP contribution in [0.5, 0.6) is 0 Å². The quantitative estimate of drug-likeness (QED) is 0.172. The van der Waals surface area contributed by atoms with E-state index in [-0.39, 0.29) is 0 Å². The monoisotopic (exact) mass is 438 g/mol. The lowest BCUT2D eigenvalue weighted by atomic mass is 9.92. The first-order chi connectivity index (χ1) is 16.9.